The second-order valence-corrected chi connectivity index (χ2v) is 5.23. The number of likely N-dealkylation sites (tertiary alicyclic amines) is 1. The Morgan fingerprint density at radius 1 is 1.42 bits per heavy atom. The van der Waals surface area contributed by atoms with Crippen LogP contribution in [0.5, 0.6) is 0 Å². The first-order valence-electron chi connectivity index (χ1n) is 7.04. The third kappa shape index (κ3) is 3.32. The first kappa shape index (κ1) is 14.0. The molecule has 1 aromatic rings. The summed E-state index contributed by atoms with van der Waals surface area (Å²) in [5.41, 5.74) is 1.64. The fourth-order valence-corrected chi connectivity index (χ4v) is 2.64. The number of Topliss-reactive ketones (excluding diaryl/α,β-unsaturated/α-hetero) is 1. The van der Waals surface area contributed by atoms with Gasteiger partial charge >= 0.3 is 0 Å². The van der Waals surface area contributed by atoms with E-state index in [2.05, 4.69) is 28.8 Å². The van der Waals surface area contributed by atoms with Crippen molar-refractivity contribution in [2.24, 2.45) is 0 Å². The summed E-state index contributed by atoms with van der Waals surface area (Å²) in [6, 6.07) is 4.39. The molecule has 0 N–H and O–H groups in total. The molecule has 4 nitrogen and oxygen atoms in total. The smallest absolute Gasteiger partial charge is 0.178 e. The molecule has 1 aromatic heterocycles. The molecule has 0 amide bonds. The van der Waals surface area contributed by atoms with Crippen LogP contribution in [0, 0.1) is 0 Å². The lowest BCUT2D eigenvalue weighted by molar-refractivity contribution is 0.101. The molecule has 19 heavy (non-hydrogen) atoms. The number of nitrogens with zero attached hydrogens (tertiary/aromatic N) is 3. The van der Waals surface area contributed by atoms with Gasteiger partial charge in [-0.25, -0.2) is 0 Å². The van der Waals surface area contributed by atoms with E-state index in [-0.39, 0.29) is 5.78 Å². The highest BCUT2D eigenvalue weighted by atomic mass is 16.1. The topological polar surface area (TPSA) is 36.4 Å². The summed E-state index contributed by atoms with van der Waals surface area (Å²) in [6.45, 7) is 7.25. The van der Waals surface area contributed by atoms with Gasteiger partial charge in [-0.3, -0.25) is 9.78 Å². The summed E-state index contributed by atoms with van der Waals surface area (Å²) in [7, 11) is 2.12. The van der Waals surface area contributed by atoms with Crippen LogP contribution in [-0.2, 0) is 0 Å². The quantitative estimate of drug-likeness (QED) is 0.779. The average molecular weight is 261 g/mol. The van der Waals surface area contributed by atoms with Crippen molar-refractivity contribution in [3.8, 4) is 0 Å². The largest absolute Gasteiger partial charge is 0.370 e. The summed E-state index contributed by atoms with van der Waals surface area (Å²) in [5.74, 6) is 0.0189. The lowest BCUT2D eigenvalue weighted by atomic mass is 10.0. The van der Waals surface area contributed by atoms with Crippen molar-refractivity contribution in [3.05, 3.63) is 24.0 Å². The summed E-state index contributed by atoms with van der Waals surface area (Å²) in [4.78, 5) is 20.2. The van der Waals surface area contributed by atoms with Gasteiger partial charge in [-0.2, -0.15) is 0 Å². The number of hydrogen-bond acceptors (Lipinski definition) is 4. The van der Waals surface area contributed by atoms with Crippen molar-refractivity contribution in [2.45, 2.75) is 32.7 Å². The van der Waals surface area contributed by atoms with E-state index in [1.807, 2.05) is 18.3 Å². The zero-order chi connectivity index (χ0) is 13.8. The molecule has 1 aliphatic heterocycles. The number of carbonyl (C=O) groups is 1. The number of anilines is 1. The minimum absolute atomic E-state index is 0.0189. The van der Waals surface area contributed by atoms with Gasteiger partial charge in [-0.05, 0) is 31.5 Å². The maximum Gasteiger partial charge on any atom is 0.178 e. The van der Waals surface area contributed by atoms with Crippen LogP contribution in [0.4, 0.5) is 5.69 Å². The molecule has 1 fully saturated rings. The van der Waals surface area contributed by atoms with Crippen molar-refractivity contribution >= 4 is 11.5 Å². The maximum absolute atomic E-state index is 11.2. The first-order valence-corrected chi connectivity index (χ1v) is 7.04. The zero-order valence-electron chi connectivity index (χ0n) is 12.1. The predicted octanol–water partition coefficient (Wildman–Crippen LogP) is 2.20. The van der Waals surface area contributed by atoms with Crippen molar-refractivity contribution in [1.82, 2.24) is 9.88 Å². The van der Waals surface area contributed by atoms with E-state index >= 15 is 0 Å². The molecular formula is C15H23N3O. The summed E-state index contributed by atoms with van der Waals surface area (Å²) < 4.78 is 0. The standard InChI is InChI=1S/C15H23N3O/c1-4-18-9-7-13(8-10-18)17(3)14-5-6-15(12(2)19)16-11-14/h5-6,11,13H,4,7-10H2,1-3H3. The van der Waals surface area contributed by atoms with Crippen LogP contribution < -0.4 is 4.90 Å². The molecule has 0 atom stereocenters. The Morgan fingerprint density at radius 2 is 2.11 bits per heavy atom. The van der Waals surface area contributed by atoms with Gasteiger partial charge in [-0.15, -0.1) is 0 Å². The Kier molecular flexibility index (Phi) is 4.53. The number of pyridine rings is 1. The second kappa shape index (κ2) is 6.15. The lowest BCUT2D eigenvalue weighted by Crippen LogP contribution is -2.43. The number of piperidine rings is 1. The molecule has 0 aromatic carbocycles. The Labute approximate surface area is 115 Å². The van der Waals surface area contributed by atoms with Crippen LogP contribution in [0.25, 0.3) is 0 Å². The Morgan fingerprint density at radius 3 is 2.58 bits per heavy atom. The third-order valence-electron chi connectivity index (χ3n) is 4.07. The van der Waals surface area contributed by atoms with Gasteiger partial charge in [0, 0.05) is 33.1 Å². The third-order valence-corrected chi connectivity index (χ3v) is 4.07. The normalized spacial score (nSPS) is 17.4. The molecule has 0 radical (unpaired) electrons. The molecule has 0 bridgehead atoms. The Balaban J connectivity index is 1.99. The fraction of sp³-hybridized carbons (Fsp3) is 0.600. The SMILES string of the molecule is CCN1CCC(N(C)c2ccc(C(C)=O)nc2)CC1. The highest BCUT2D eigenvalue weighted by molar-refractivity contribution is 5.92. The molecule has 1 saturated heterocycles. The van der Waals surface area contributed by atoms with E-state index in [4.69, 9.17) is 0 Å². The van der Waals surface area contributed by atoms with E-state index in [0.29, 0.717) is 11.7 Å². The van der Waals surface area contributed by atoms with Crippen molar-refractivity contribution in [3.63, 3.8) is 0 Å². The summed E-state index contributed by atoms with van der Waals surface area (Å²) in [6.07, 6.45) is 4.19. The first-order chi connectivity index (χ1) is 9.11. The van der Waals surface area contributed by atoms with Crippen LogP contribution in [0.3, 0.4) is 0 Å². The Bertz CT molecular complexity index is 422. The number of ketones is 1. The minimum atomic E-state index is 0.0189. The maximum atomic E-state index is 11.2. The molecule has 0 aliphatic carbocycles. The molecule has 2 heterocycles. The van der Waals surface area contributed by atoms with E-state index < -0.39 is 0 Å². The molecule has 0 unspecified atom stereocenters. The van der Waals surface area contributed by atoms with E-state index in [1.165, 1.54) is 25.9 Å². The molecule has 0 saturated carbocycles. The highest BCUT2D eigenvalue weighted by Crippen LogP contribution is 2.21. The summed E-state index contributed by atoms with van der Waals surface area (Å²) in [5, 5.41) is 0. The van der Waals surface area contributed by atoms with Crippen LogP contribution in [-0.4, -0.2) is 48.4 Å². The van der Waals surface area contributed by atoms with Gasteiger partial charge in [0.2, 0.25) is 0 Å². The van der Waals surface area contributed by atoms with E-state index in [9.17, 15) is 4.79 Å². The van der Waals surface area contributed by atoms with Crippen molar-refractivity contribution in [2.75, 3.05) is 31.6 Å². The van der Waals surface area contributed by atoms with Crippen LogP contribution in [0.2, 0.25) is 0 Å². The van der Waals surface area contributed by atoms with Gasteiger partial charge in [0.1, 0.15) is 5.69 Å². The second-order valence-electron chi connectivity index (χ2n) is 5.23. The van der Waals surface area contributed by atoms with Gasteiger partial charge < -0.3 is 9.80 Å². The van der Waals surface area contributed by atoms with E-state index in [1.54, 1.807) is 6.92 Å². The molecule has 104 valence electrons. The number of carbonyl (C=O) groups excluding carboxylic acids is 1. The minimum Gasteiger partial charge on any atom is -0.370 e. The zero-order valence-corrected chi connectivity index (χ0v) is 12.1. The van der Waals surface area contributed by atoms with Crippen molar-refractivity contribution < 1.29 is 4.79 Å². The monoisotopic (exact) mass is 261 g/mol. The molecule has 2 rings (SSSR count). The predicted molar refractivity (Wildman–Crippen MR) is 77.8 cm³/mol. The number of rotatable bonds is 4. The van der Waals surface area contributed by atoms with Gasteiger partial charge in [0.05, 0.1) is 11.9 Å². The number of aromatic nitrogens is 1. The molecule has 4 heteroatoms. The number of hydrogen-bond donors (Lipinski definition) is 0. The van der Waals surface area contributed by atoms with Gasteiger partial charge in [-0.1, -0.05) is 6.92 Å². The van der Waals surface area contributed by atoms with Crippen LogP contribution >= 0.6 is 0 Å². The van der Waals surface area contributed by atoms with Crippen molar-refractivity contribution in [1.29, 1.82) is 0 Å². The molecular weight excluding hydrogens is 238 g/mol. The molecule has 0 spiro atoms. The average Bonchev–Trinajstić information content (AvgIpc) is 2.46. The van der Waals surface area contributed by atoms with Gasteiger partial charge in [0.25, 0.3) is 0 Å². The summed E-state index contributed by atoms with van der Waals surface area (Å²) >= 11 is 0. The van der Waals surface area contributed by atoms with Crippen LogP contribution in [0.1, 0.15) is 37.2 Å². The van der Waals surface area contributed by atoms with E-state index in [0.717, 1.165) is 12.2 Å². The fourth-order valence-electron chi connectivity index (χ4n) is 2.64. The van der Waals surface area contributed by atoms with Gasteiger partial charge in [0.15, 0.2) is 5.78 Å². The Hall–Kier alpha value is -1.42. The lowest BCUT2D eigenvalue weighted by Gasteiger charge is -2.37. The highest BCUT2D eigenvalue weighted by Gasteiger charge is 2.22. The molecule has 1 aliphatic rings. The van der Waals surface area contributed by atoms with Crippen LogP contribution in [0.15, 0.2) is 18.3 Å².